The minimum Gasteiger partial charge on any atom is -0.401 e. The van der Waals surface area contributed by atoms with Crippen molar-refractivity contribution in [3.8, 4) is 0 Å². The van der Waals surface area contributed by atoms with Gasteiger partial charge in [-0.2, -0.15) is 0 Å². The summed E-state index contributed by atoms with van der Waals surface area (Å²) in [6, 6.07) is 9.80. The summed E-state index contributed by atoms with van der Waals surface area (Å²) in [5.74, 6) is 0.245. The maximum Gasteiger partial charge on any atom is 0.110 e. The van der Waals surface area contributed by atoms with Crippen molar-refractivity contribution in [3.05, 3.63) is 59.8 Å². The average molecular weight is 258 g/mol. The van der Waals surface area contributed by atoms with Crippen molar-refractivity contribution >= 4 is 0 Å². The molecule has 0 aromatic heterocycles. The van der Waals surface area contributed by atoms with E-state index >= 15 is 0 Å². The minimum atomic E-state index is -0.533. The molecule has 102 valence electrons. The normalized spacial score (nSPS) is 26.5. The maximum absolute atomic E-state index is 6.25. The van der Waals surface area contributed by atoms with Crippen molar-refractivity contribution in [1.82, 2.24) is 0 Å². The van der Waals surface area contributed by atoms with Crippen molar-refractivity contribution < 1.29 is 4.74 Å². The molecule has 4 N–H and O–H groups in total. The molecule has 0 radical (unpaired) electrons. The summed E-state index contributed by atoms with van der Waals surface area (Å²) in [5.41, 5.74) is 13.5. The molecule has 0 bridgehead atoms. The topological polar surface area (TPSA) is 61.3 Å². The van der Waals surface area contributed by atoms with Crippen LogP contribution in [0.2, 0.25) is 0 Å². The smallest absolute Gasteiger partial charge is 0.110 e. The van der Waals surface area contributed by atoms with Gasteiger partial charge in [0.15, 0.2) is 0 Å². The highest BCUT2D eigenvalue weighted by molar-refractivity contribution is 5.31. The third-order valence-corrected chi connectivity index (χ3v) is 3.72. The van der Waals surface area contributed by atoms with Gasteiger partial charge in [0, 0.05) is 5.70 Å². The molecule has 2 rings (SSSR count). The van der Waals surface area contributed by atoms with Gasteiger partial charge in [0.1, 0.15) is 5.60 Å². The van der Waals surface area contributed by atoms with E-state index in [9.17, 15) is 0 Å². The Bertz CT molecular complexity index is 479. The highest BCUT2D eigenvalue weighted by atomic mass is 16.5. The van der Waals surface area contributed by atoms with Crippen LogP contribution in [0.3, 0.4) is 0 Å². The summed E-state index contributed by atoms with van der Waals surface area (Å²) in [6.45, 7) is 4.74. The number of hydrogen-bond acceptors (Lipinski definition) is 3. The molecule has 0 heterocycles. The summed E-state index contributed by atoms with van der Waals surface area (Å²) >= 11 is 0. The molecule has 0 saturated heterocycles. The quantitative estimate of drug-likeness (QED) is 0.871. The molecule has 0 amide bonds. The van der Waals surface area contributed by atoms with Crippen LogP contribution in [-0.2, 0) is 11.3 Å². The number of allylic oxidation sites excluding steroid dienone is 2. The van der Waals surface area contributed by atoms with E-state index in [0.717, 1.165) is 5.56 Å². The van der Waals surface area contributed by atoms with E-state index in [0.29, 0.717) is 12.3 Å². The summed E-state index contributed by atoms with van der Waals surface area (Å²) in [6.07, 6.45) is 5.81. The van der Waals surface area contributed by atoms with Gasteiger partial charge >= 0.3 is 0 Å². The molecule has 3 heteroatoms. The van der Waals surface area contributed by atoms with E-state index in [2.05, 4.69) is 13.8 Å². The van der Waals surface area contributed by atoms with Crippen LogP contribution in [-0.4, -0.2) is 11.6 Å². The fourth-order valence-electron chi connectivity index (χ4n) is 2.42. The van der Waals surface area contributed by atoms with E-state index in [1.165, 1.54) is 0 Å². The summed E-state index contributed by atoms with van der Waals surface area (Å²) in [5, 5.41) is 0. The van der Waals surface area contributed by atoms with Gasteiger partial charge in [-0.15, -0.1) is 0 Å². The van der Waals surface area contributed by atoms with Crippen LogP contribution < -0.4 is 11.5 Å². The van der Waals surface area contributed by atoms with Crippen LogP contribution in [0.4, 0.5) is 0 Å². The average Bonchev–Trinajstić information content (AvgIpc) is 2.41. The first-order valence-electron chi connectivity index (χ1n) is 6.64. The molecule has 3 nitrogen and oxygen atoms in total. The summed E-state index contributed by atoms with van der Waals surface area (Å²) < 4.78 is 6.17. The van der Waals surface area contributed by atoms with Crippen LogP contribution >= 0.6 is 0 Å². The van der Waals surface area contributed by atoms with Gasteiger partial charge in [-0.25, -0.2) is 0 Å². The molecular weight excluding hydrogens is 236 g/mol. The Hall–Kier alpha value is -1.58. The molecule has 1 aliphatic carbocycles. The Morgan fingerprint density at radius 1 is 1.26 bits per heavy atom. The van der Waals surface area contributed by atoms with Gasteiger partial charge in [-0.05, 0) is 17.6 Å². The number of nitrogens with two attached hydrogens (primary N) is 2. The monoisotopic (exact) mass is 258 g/mol. The van der Waals surface area contributed by atoms with E-state index < -0.39 is 5.60 Å². The van der Waals surface area contributed by atoms with Crippen LogP contribution in [0, 0.1) is 5.92 Å². The first kappa shape index (κ1) is 13.8. The molecule has 1 aromatic carbocycles. The number of ether oxygens (including phenoxy) is 1. The minimum absolute atomic E-state index is 0.245. The lowest BCUT2D eigenvalue weighted by molar-refractivity contribution is -0.0631. The lowest BCUT2D eigenvalue weighted by Crippen LogP contribution is -2.55. The highest BCUT2D eigenvalue weighted by Crippen LogP contribution is 2.32. The van der Waals surface area contributed by atoms with Gasteiger partial charge in [-0.3, -0.25) is 0 Å². The van der Waals surface area contributed by atoms with Crippen LogP contribution in [0.25, 0.3) is 0 Å². The second kappa shape index (κ2) is 5.59. The second-order valence-corrected chi connectivity index (χ2v) is 5.29. The van der Waals surface area contributed by atoms with Crippen molar-refractivity contribution in [1.29, 1.82) is 0 Å². The number of rotatable bonds is 4. The third-order valence-electron chi connectivity index (χ3n) is 3.72. The zero-order valence-corrected chi connectivity index (χ0v) is 11.5. The molecule has 19 heavy (non-hydrogen) atoms. The van der Waals surface area contributed by atoms with Crippen molar-refractivity contribution in [2.75, 3.05) is 0 Å². The van der Waals surface area contributed by atoms with Gasteiger partial charge in [0.2, 0.25) is 0 Å². The van der Waals surface area contributed by atoms with Gasteiger partial charge in [-0.1, -0.05) is 56.3 Å². The Labute approximate surface area is 114 Å². The molecule has 0 saturated carbocycles. The molecule has 0 spiro atoms. The Balaban J connectivity index is 2.18. The van der Waals surface area contributed by atoms with Crippen molar-refractivity contribution in [2.24, 2.45) is 17.4 Å². The van der Waals surface area contributed by atoms with Gasteiger partial charge in [0.05, 0.1) is 12.6 Å². The first-order valence-corrected chi connectivity index (χ1v) is 6.64. The molecule has 0 fully saturated rings. The van der Waals surface area contributed by atoms with Crippen LogP contribution in [0.5, 0.6) is 0 Å². The molecule has 2 atom stereocenters. The Kier molecular flexibility index (Phi) is 4.08. The third kappa shape index (κ3) is 2.72. The van der Waals surface area contributed by atoms with Crippen LogP contribution in [0.1, 0.15) is 19.4 Å². The van der Waals surface area contributed by atoms with Gasteiger partial charge < -0.3 is 16.2 Å². The number of benzene rings is 1. The largest absolute Gasteiger partial charge is 0.401 e. The van der Waals surface area contributed by atoms with Gasteiger partial charge in [0.25, 0.3) is 0 Å². The highest BCUT2D eigenvalue weighted by Gasteiger charge is 2.41. The van der Waals surface area contributed by atoms with E-state index in [-0.39, 0.29) is 12.0 Å². The predicted octanol–water partition coefficient (Wildman–Crippen LogP) is 2.34. The van der Waals surface area contributed by atoms with E-state index in [1.807, 2.05) is 48.6 Å². The molecular formula is C16H22N2O. The zero-order chi connectivity index (χ0) is 13.9. The van der Waals surface area contributed by atoms with E-state index in [1.54, 1.807) is 0 Å². The first-order chi connectivity index (χ1) is 9.06. The Morgan fingerprint density at radius 3 is 2.58 bits per heavy atom. The molecule has 1 aliphatic rings. The fraction of sp³-hybridized carbons (Fsp3) is 0.375. The fourth-order valence-corrected chi connectivity index (χ4v) is 2.42. The van der Waals surface area contributed by atoms with E-state index in [4.69, 9.17) is 16.2 Å². The zero-order valence-electron chi connectivity index (χ0n) is 11.5. The second-order valence-electron chi connectivity index (χ2n) is 5.29. The maximum atomic E-state index is 6.25. The standard InChI is InChI=1S/C16H22N2O/c1-12(2)16(10-6-9-14(17)15(16)18)19-11-13-7-4-3-5-8-13/h3-10,12,15H,11,17-18H2,1-2H3. The SMILES string of the molecule is CC(C)C1(OCc2ccccc2)C=CC=C(N)C1N. The summed E-state index contributed by atoms with van der Waals surface area (Å²) in [7, 11) is 0. The lowest BCUT2D eigenvalue weighted by Gasteiger charge is -2.41. The Morgan fingerprint density at radius 2 is 1.95 bits per heavy atom. The number of hydrogen-bond donors (Lipinski definition) is 2. The molecule has 1 aromatic rings. The van der Waals surface area contributed by atoms with Crippen molar-refractivity contribution in [2.45, 2.75) is 32.1 Å². The predicted molar refractivity (Wildman–Crippen MR) is 78.2 cm³/mol. The molecule has 2 unspecified atom stereocenters. The van der Waals surface area contributed by atoms with Crippen LogP contribution in [0.15, 0.2) is 54.3 Å². The summed E-state index contributed by atoms with van der Waals surface area (Å²) in [4.78, 5) is 0. The van der Waals surface area contributed by atoms with Crippen molar-refractivity contribution in [3.63, 3.8) is 0 Å². The lowest BCUT2D eigenvalue weighted by atomic mass is 9.79. The molecule has 0 aliphatic heterocycles.